The summed E-state index contributed by atoms with van der Waals surface area (Å²) in [6.45, 7) is 2.00. The van der Waals surface area contributed by atoms with Gasteiger partial charge < -0.3 is 0 Å². The molecule has 0 bridgehead atoms. The second kappa shape index (κ2) is 4.63. The highest BCUT2D eigenvalue weighted by Crippen LogP contribution is 2.25. The van der Waals surface area contributed by atoms with Crippen LogP contribution >= 0.6 is 35.8 Å². The van der Waals surface area contributed by atoms with Crippen molar-refractivity contribution in [3.05, 3.63) is 28.8 Å². The largest absolute Gasteiger partial charge is 0.156 e. The molecule has 0 aliphatic rings. The number of hydrogen-bond acceptors (Lipinski definition) is 3. The Morgan fingerprint density at radius 2 is 2.33 bits per heavy atom. The Labute approximate surface area is 86.0 Å². The van der Waals surface area contributed by atoms with Crippen LogP contribution in [0.2, 0.25) is 5.02 Å². The van der Waals surface area contributed by atoms with Gasteiger partial charge in [0.05, 0.1) is 5.16 Å². The SMILES string of the molecule is Cc1ccc(Cl)cc1SN=C=S. The molecule has 1 aromatic carbocycles. The van der Waals surface area contributed by atoms with Gasteiger partial charge in [-0.05, 0) is 36.8 Å². The molecule has 1 rings (SSSR count). The van der Waals surface area contributed by atoms with Crippen molar-refractivity contribution >= 4 is 40.9 Å². The topological polar surface area (TPSA) is 12.4 Å². The summed E-state index contributed by atoms with van der Waals surface area (Å²) >= 11 is 11.5. The van der Waals surface area contributed by atoms with Crippen molar-refractivity contribution in [1.29, 1.82) is 0 Å². The Morgan fingerprint density at radius 1 is 1.58 bits per heavy atom. The van der Waals surface area contributed by atoms with Gasteiger partial charge in [0.1, 0.15) is 0 Å². The monoisotopic (exact) mass is 215 g/mol. The molecule has 1 nitrogen and oxygen atoms in total. The number of rotatable bonds is 2. The zero-order valence-electron chi connectivity index (χ0n) is 6.37. The minimum absolute atomic E-state index is 0.711. The standard InChI is InChI=1S/C8H6ClNS2/c1-6-2-3-7(9)4-8(6)12-10-5-11/h2-4H,1H3. The van der Waals surface area contributed by atoms with Crippen LogP contribution in [-0.4, -0.2) is 5.16 Å². The molecule has 0 saturated carbocycles. The van der Waals surface area contributed by atoms with Crippen molar-refractivity contribution in [3.63, 3.8) is 0 Å². The summed E-state index contributed by atoms with van der Waals surface area (Å²) < 4.78 is 3.77. The van der Waals surface area contributed by atoms with E-state index in [1.807, 2.05) is 25.1 Å². The molecule has 12 heavy (non-hydrogen) atoms. The third-order valence-corrected chi connectivity index (χ3v) is 2.59. The lowest BCUT2D eigenvalue weighted by atomic mass is 10.2. The first-order valence-electron chi connectivity index (χ1n) is 3.24. The molecule has 62 valence electrons. The van der Waals surface area contributed by atoms with Crippen LogP contribution in [-0.2, 0) is 0 Å². The Morgan fingerprint density at radius 3 is 3.00 bits per heavy atom. The van der Waals surface area contributed by atoms with Gasteiger partial charge in [-0.15, -0.1) is 0 Å². The lowest BCUT2D eigenvalue weighted by Gasteiger charge is -1.99. The minimum Gasteiger partial charge on any atom is -0.156 e. The van der Waals surface area contributed by atoms with Crippen LogP contribution < -0.4 is 0 Å². The molecule has 1 aromatic rings. The molecule has 0 aliphatic carbocycles. The number of isothiocyanates is 1. The molecule has 0 spiro atoms. The van der Waals surface area contributed by atoms with E-state index < -0.39 is 0 Å². The van der Waals surface area contributed by atoms with Crippen LogP contribution in [0.15, 0.2) is 27.5 Å². The Balaban J connectivity index is 2.96. The number of hydrogen-bond donors (Lipinski definition) is 0. The maximum atomic E-state index is 5.79. The van der Waals surface area contributed by atoms with E-state index >= 15 is 0 Å². The van der Waals surface area contributed by atoms with Gasteiger partial charge in [0, 0.05) is 21.9 Å². The summed E-state index contributed by atoms with van der Waals surface area (Å²) in [5.74, 6) is 0. The maximum absolute atomic E-state index is 5.79. The Hall–Kier alpha value is -0.340. The van der Waals surface area contributed by atoms with Gasteiger partial charge in [-0.3, -0.25) is 0 Å². The molecule has 0 heterocycles. The molecule has 0 amide bonds. The zero-order chi connectivity index (χ0) is 8.97. The molecular formula is C8H6ClNS2. The third-order valence-electron chi connectivity index (χ3n) is 1.33. The minimum atomic E-state index is 0.711. The highest BCUT2D eigenvalue weighted by Gasteiger charge is 1.98. The van der Waals surface area contributed by atoms with Gasteiger partial charge in [0.15, 0.2) is 0 Å². The first-order chi connectivity index (χ1) is 5.74. The molecule has 0 fully saturated rings. The van der Waals surface area contributed by atoms with E-state index in [-0.39, 0.29) is 0 Å². The van der Waals surface area contributed by atoms with Gasteiger partial charge in [0.2, 0.25) is 0 Å². The van der Waals surface area contributed by atoms with Crippen molar-refractivity contribution in [2.75, 3.05) is 0 Å². The summed E-state index contributed by atoms with van der Waals surface area (Å²) in [7, 11) is 0. The highest BCUT2D eigenvalue weighted by molar-refractivity contribution is 7.98. The van der Waals surface area contributed by atoms with Gasteiger partial charge in [-0.1, -0.05) is 17.7 Å². The molecule has 0 N–H and O–H groups in total. The molecule has 0 aromatic heterocycles. The van der Waals surface area contributed by atoms with Crippen molar-refractivity contribution in [2.24, 2.45) is 4.40 Å². The van der Waals surface area contributed by atoms with Gasteiger partial charge >= 0.3 is 0 Å². The van der Waals surface area contributed by atoms with E-state index in [0.717, 1.165) is 10.5 Å². The van der Waals surface area contributed by atoms with Crippen LogP contribution in [0.1, 0.15) is 5.56 Å². The Bertz CT molecular complexity index is 332. The molecule has 4 heteroatoms. The maximum Gasteiger partial charge on any atom is 0.0722 e. The fraction of sp³-hybridized carbons (Fsp3) is 0.125. The smallest absolute Gasteiger partial charge is 0.0722 e. The van der Waals surface area contributed by atoms with E-state index in [1.165, 1.54) is 11.9 Å². The number of thiocarbonyl (C=S) groups is 1. The van der Waals surface area contributed by atoms with Gasteiger partial charge in [-0.2, -0.15) is 4.40 Å². The van der Waals surface area contributed by atoms with Gasteiger partial charge in [-0.25, -0.2) is 0 Å². The van der Waals surface area contributed by atoms with Crippen molar-refractivity contribution in [1.82, 2.24) is 0 Å². The second-order valence-electron chi connectivity index (χ2n) is 2.18. The predicted octanol–water partition coefficient (Wildman–Crippen LogP) is 3.76. The molecule has 0 unspecified atom stereocenters. The van der Waals surface area contributed by atoms with E-state index in [2.05, 4.69) is 21.8 Å². The second-order valence-corrected chi connectivity index (χ2v) is 3.61. The van der Waals surface area contributed by atoms with E-state index in [9.17, 15) is 0 Å². The lowest BCUT2D eigenvalue weighted by molar-refractivity contribution is 1.30. The summed E-state index contributed by atoms with van der Waals surface area (Å²) in [5, 5.41) is 3.00. The zero-order valence-corrected chi connectivity index (χ0v) is 8.76. The molecular weight excluding hydrogens is 210 g/mol. The van der Waals surface area contributed by atoms with Crippen molar-refractivity contribution < 1.29 is 0 Å². The quantitative estimate of drug-likeness (QED) is 0.423. The predicted molar refractivity (Wildman–Crippen MR) is 57.1 cm³/mol. The summed E-state index contributed by atoms with van der Waals surface area (Å²) in [5.41, 5.74) is 1.14. The first-order valence-corrected chi connectivity index (χ1v) is 4.80. The number of halogens is 1. The van der Waals surface area contributed by atoms with Crippen molar-refractivity contribution in [2.45, 2.75) is 11.8 Å². The van der Waals surface area contributed by atoms with Crippen LogP contribution in [0.25, 0.3) is 0 Å². The lowest BCUT2D eigenvalue weighted by Crippen LogP contribution is -1.76. The average molecular weight is 216 g/mol. The first kappa shape index (κ1) is 9.75. The van der Waals surface area contributed by atoms with E-state index in [4.69, 9.17) is 11.6 Å². The molecule has 0 radical (unpaired) electrons. The van der Waals surface area contributed by atoms with E-state index in [0.29, 0.717) is 5.02 Å². The van der Waals surface area contributed by atoms with Crippen molar-refractivity contribution in [3.8, 4) is 0 Å². The number of nitrogens with zero attached hydrogens (tertiary/aromatic N) is 1. The average Bonchev–Trinajstić information content (AvgIpc) is 2.07. The summed E-state index contributed by atoms with van der Waals surface area (Å²) in [6, 6.07) is 5.66. The molecule has 0 atom stereocenters. The highest BCUT2D eigenvalue weighted by atomic mass is 35.5. The van der Waals surface area contributed by atoms with Gasteiger partial charge in [0.25, 0.3) is 0 Å². The molecule has 0 saturated heterocycles. The van der Waals surface area contributed by atoms with Crippen LogP contribution in [0, 0.1) is 6.92 Å². The Kier molecular flexibility index (Phi) is 3.76. The van der Waals surface area contributed by atoms with E-state index in [1.54, 1.807) is 0 Å². The fourth-order valence-electron chi connectivity index (χ4n) is 0.740. The normalized spacial score (nSPS) is 9.17. The van der Waals surface area contributed by atoms with Crippen LogP contribution in [0.3, 0.4) is 0 Å². The summed E-state index contributed by atoms with van der Waals surface area (Å²) in [4.78, 5) is 1.01. The van der Waals surface area contributed by atoms with Crippen LogP contribution in [0.4, 0.5) is 0 Å². The number of benzene rings is 1. The molecule has 0 aliphatic heterocycles. The number of aryl methyl sites for hydroxylation is 1. The summed E-state index contributed by atoms with van der Waals surface area (Å²) in [6.07, 6.45) is 0. The fourth-order valence-corrected chi connectivity index (χ4v) is 1.62. The third kappa shape index (κ3) is 2.61. The van der Waals surface area contributed by atoms with Crippen LogP contribution in [0.5, 0.6) is 0 Å².